The SMILES string of the molecule is CCN(CC)C(=O)C(C)(C)C(=O)Nc1cccc(C)c1. The van der Waals surface area contributed by atoms with E-state index >= 15 is 0 Å². The maximum absolute atomic E-state index is 12.4. The topological polar surface area (TPSA) is 49.4 Å². The zero-order valence-corrected chi connectivity index (χ0v) is 13.0. The second-order valence-corrected chi connectivity index (χ2v) is 5.43. The van der Waals surface area contributed by atoms with Crippen molar-refractivity contribution in [3.05, 3.63) is 29.8 Å². The number of carbonyl (C=O) groups is 2. The van der Waals surface area contributed by atoms with Crippen LogP contribution in [0.4, 0.5) is 5.69 Å². The van der Waals surface area contributed by atoms with E-state index in [0.29, 0.717) is 13.1 Å². The molecular formula is C16H24N2O2. The van der Waals surface area contributed by atoms with Gasteiger partial charge in [0.2, 0.25) is 11.8 Å². The zero-order chi connectivity index (χ0) is 15.3. The second kappa shape index (κ2) is 6.55. The minimum atomic E-state index is -1.07. The Morgan fingerprint density at radius 3 is 2.30 bits per heavy atom. The molecule has 0 spiro atoms. The number of hydrogen-bond acceptors (Lipinski definition) is 2. The van der Waals surface area contributed by atoms with Gasteiger partial charge in [-0.3, -0.25) is 9.59 Å². The molecule has 0 aromatic heterocycles. The molecule has 0 heterocycles. The summed E-state index contributed by atoms with van der Waals surface area (Å²) in [4.78, 5) is 26.4. The minimum absolute atomic E-state index is 0.146. The Hall–Kier alpha value is -1.84. The lowest BCUT2D eigenvalue weighted by molar-refractivity contribution is -0.146. The van der Waals surface area contributed by atoms with Gasteiger partial charge in [0.15, 0.2) is 0 Å². The number of nitrogens with zero attached hydrogens (tertiary/aromatic N) is 1. The summed E-state index contributed by atoms with van der Waals surface area (Å²) >= 11 is 0. The van der Waals surface area contributed by atoms with E-state index < -0.39 is 5.41 Å². The monoisotopic (exact) mass is 276 g/mol. The van der Waals surface area contributed by atoms with Gasteiger partial charge >= 0.3 is 0 Å². The number of rotatable bonds is 5. The van der Waals surface area contributed by atoms with Crippen LogP contribution in [0.5, 0.6) is 0 Å². The summed E-state index contributed by atoms with van der Waals surface area (Å²) in [5, 5.41) is 2.82. The quantitative estimate of drug-likeness (QED) is 0.841. The van der Waals surface area contributed by atoms with Crippen molar-refractivity contribution in [1.29, 1.82) is 0 Å². The second-order valence-electron chi connectivity index (χ2n) is 5.43. The Bertz CT molecular complexity index is 491. The van der Waals surface area contributed by atoms with Crippen LogP contribution in [0, 0.1) is 12.3 Å². The van der Waals surface area contributed by atoms with Crippen LogP contribution in [0.1, 0.15) is 33.3 Å². The van der Waals surface area contributed by atoms with Crippen LogP contribution < -0.4 is 5.32 Å². The first-order valence-corrected chi connectivity index (χ1v) is 7.00. The maximum Gasteiger partial charge on any atom is 0.239 e. The summed E-state index contributed by atoms with van der Waals surface area (Å²) in [6.45, 7) is 10.3. The van der Waals surface area contributed by atoms with Gasteiger partial charge in [0.1, 0.15) is 5.41 Å². The third-order valence-electron chi connectivity index (χ3n) is 3.43. The third kappa shape index (κ3) is 3.59. The molecular weight excluding hydrogens is 252 g/mol. The molecule has 1 rings (SSSR count). The first-order chi connectivity index (χ1) is 9.32. The predicted molar refractivity (Wildman–Crippen MR) is 81.5 cm³/mol. The van der Waals surface area contributed by atoms with Crippen molar-refractivity contribution in [2.75, 3.05) is 18.4 Å². The van der Waals surface area contributed by atoms with Crippen molar-refractivity contribution >= 4 is 17.5 Å². The molecule has 0 saturated carbocycles. The van der Waals surface area contributed by atoms with Gasteiger partial charge < -0.3 is 10.2 Å². The van der Waals surface area contributed by atoms with Crippen molar-refractivity contribution < 1.29 is 9.59 Å². The first-order valence-electron chi connectivity index (χ1n) is 7.00. The van der Waals surface area contributed by atoms with E-state index in [4.69, 9.17) is 0 Å². The summed E-state index contributed by atoms with van der Waals surface area (Å²) in [5.74, 6) is -0.423. The summed E-state index contributed by atoms with van der Waals surface area (Å²) in [5.41, 5.74) is 0.710. The number of anilines is 1. The number of nitrogens with one attached hydrogen (secondary N) is 1. The fourth-order valence-electron chi connectivity index (χ4n) is 2.01. The molecule has 2 amide bonds. The molecule has 0 radical (unpaired) electrons. The highest BCUT2D eigenvalue weighted by Gasteiger charge is 2.38. The predicted octanol–water partition coefficient (Wildman–Crippen LogP) is 2.83. The van der Waals surface area contributed by atoms with Crippen LogP contribution in [0.15, 0.2) is 24.3 Å². The smallest absolute Gasteiger partial charge is 0.239 e. The summed E-state index contributed by atoms with van der Waals surface area (Å²) in [6.07, 6.45) is 0. The fraction of sp³-hybridized carbons (Fsp3) is 0.500. The van der Waals surface area contributed by atoms with Crippen LogP contribution in [0.2, 0.25) is 0 Å². The lowest BCUT2D eigenvalue weighted by Gasteiger charge is -2.29. The van der Waals surface area contributed by atoms with Crippen molar-refractivity contribution in [2.45, 2.75) is 34.6 Å². The molecule has 4 heteroatoms. The van der Waals surface area contributed by atoms with Crippen LogP contribution in [0.3, 0.4) is 0 Å². The molecule has 0 aliphatic rings. The van der Waals surface area contributed by atoms with E-state index in [9.17, 15) is 9.59 Å². The Balaban J connectivity index is 2.86. The molecule has 0 atom stereocenters. The maximum atomic E-state index is 12.4. The van der Waals surface area contributed by atoms with Gasteiger partial charge in [0, 0.05) is 18.8 Å². The molecule has 1 aromatic rings. The molecule has 0 aliphatic heterocycles. The molecule has 0 bridgehead atoms. The largest absolute Gasteiger partial charge is 0.342 e. The van der Waals surface area contributed by atoms with E-state index in [1.807, 2.05) is 45.0 Å². The number of benzene rings is 1. The zero-order valence-electron chi connectivity index (χ0n) is 13.0. The molecule has 20 heavy (non-hydrogen) atoms. The number of carbonyl (C=O) groups excluding carboxylic acids is 2. The molecule has 1 N–H and O–H groups in total. The lowest BCUT2D eigenvalue weighted by atomic mass is 9.90. The molecule has 0 saturated heterocycles. The average Bonchev–Trinajstić information content (AvgIpc) is 2.39. The van der Waals surface area contributed by atoms with Gasteiger partial charge in [-0.25, -0.2) is 0 Å². The number of amides is 2. The van der Waals surface area contributed by atoms with Crippen molar-refractivity contribution in [2.24, 2.45) is 5.41 Å². The van der Waals surface area contributed by atoms with Gasteiger partial charge in [-0.15, -0.1) is 0 Å². The highest BCUT2D eigenvalue weighted by Crippen LogP contribution is 2.22. The summed E-state index contributed by atoms with van der Waals surface area (Å²) < 4.78 is 0. The number of hydrogen-bond donors (Lipinski definition) is 1. The van der Waals surface area contributed by atoms with Gasteiger partial charge in [0.25, 0.3) is 0 Å². The summed E-state index contributed by atoms with van der Waals surface area (Å²) in [6, 6.07) is 7.55. The van der Waals surface area contributed by atoms with Crippen molar-refractivity contribution in [3.8, 4) is 0 Å². The molecule has 110 valence electrons. The Morgan fingerprint density at radius 1 is 1.20 bits per heavy atom. The van der Waals surface area contributed by atoms with E-state index in [-0.39, 0.29) is 11.8 Å². The van der Waals surface area contributed by atoms with Gasteiger partial charge in [-0.1, -0.05) is 12.1 Å². The first kappa shape index (κ1) is 16.2. The van der Waals surface area contributed by atoms with E-state index in [1.54, 1.807) is 18.7 Å². The Morgan fingerprint density at radius 2 is 1.80 bits per heavy atom. The van der Waals surface area contributed by atoms with Crippen LogP contribution in [-0.2, 0) is 9.59 Å². The molecule has 0 unspecified atom stereocenters. The Labute approximate surface area is 121 Å². The average molecular weight is 276 g/mol. The van der Waals surface area contributed by atoms with Crippen LogP contribution in [0.25, 0.3) is 0 Å². The number of aryl methyl sites for hydroxylation is 1. The van der Waals surface area contributed by atoms with Crippen LogP contribution >= 0.6 is 0 Å². The van der Waals surface area contributed by atoms with Crippen LogP contribution in [-0.4, -0.2) is 29.8 Å². The third-order valence-corrected chi connectivity index (χ3v) is 3.43. The van der Waals surface area contributed by atoms with Gasteiger partial charge in [-0.2, -0.15) is 0 Å². The molecule has 4 nitrogen and oxygen atoms in total. The van der Waals surface area contributed by atoms with Crippen molar-refractivity contribution in [3.63, 3.8) is 0 Å². The van der Waals surface area contributed by atoms with Crippen molar-refractivity contribution in [1.82, 2.24) is 4.90 Å². The van der Waals surface area contributed by atoms with E-state index in [0.717, 1.165) is 11.3 Å². The minimum Gasteiger partial charge on any atom is -0.342 e. The van der Waals surface area contributed by atoms with E-state index in [2.05, 4.69) is 5.32 Å². The molecule has 0 aliphatic carbocycles. The Kier molecular flexibility index (Phi) is 5.31. The van der Waals surface area contributed by atoms with Gasteiger partial charge in [-0.05, 0) is 52.3 Å². The highest BCUT2D eigenvalue weighted by atomic mass is 16.2. The fourth-order valence-corrected chi connectivity index (χ4v) is 2.01. The summed E-state index contributed by atoms with van der Waals surface area (Å²) in [7, 11) is 0. The van der Waals surface area contributed by atoms with E-state index in [1.165, 1.54) is 0 Å². The molecule has 0 fully saturated rings. The lowest BCUT2D eigenvalue weighted by Crippen LogP contribution is -2.47. The molecule has 1 aromatic carbocycles. The normalized spacial score (nSPS) is 11.1. The standard InChI is InChI=1S/C16H24N2O2/c1-6-18(7-2)15(20)16(4,5)14(19)17-13-10-8-9-12(3)11-13/h8-11H,6-7H2,1-5H3,(H,17,19). The van der Waals surface area contributed by atoms with Gasteiger partial charge in [0.05, 0.1) is 0 Å². The highest BCUT2D eigenvalue weighted by molar-refractivity contribution is 6.09.